The number of nitrogens with one attached hydrogen (secondary N) is 1. The van der Waals surface area contributed by atoms with Gasteiger partial charge in [-0.25, -0.2) is 4.52 Å². The first-order valence-corrected chi connectivity index (χ1v) is 4.21. The van der Waals surface area contributed by atoms with Crippen LogP contribution in [0.4, 0.5) is 0 Å². The second-order valence-electron chi connectivity index (χ2n) is 2.50. The van der Waals surface area contributed by atoms with Crippen LogP contribution in [0.2, 0.25) is 0 Å². The van der Waals surface area contributed by atoms with Gasteiger partial charge in [-0.1, -0.05) is 0 Å². The van der Waals surface area contributed by atoms with E-state index in [0.717, 1.165) is 10.3 Å². The van der Waals surface area contributed by atoms with Crippen LogP contribution in [0.3, 0.4) is 0 Å². The number of aromatic nitrogens is 3. The fourth-order valence-electron chi connectivity index (χ4n) is 1.08. The van der Waals surface area contributed by atoms with Gasteiger partial charge in [0.25, 0.3) is 5.56 Å². The molecule has 0 radical (unpaired) electrons. The molecule has 0 saturated carbocycles. The van der Waals surface area contributed by atoms with Gasteiger partial charge in [-0.3, -0.25) is 4.79 Å². The zero-order valence-corrected chi connectivity index (χ0v) is 7.92. The van der Waals surface area contributed by atoms with Gasteiger partial charge in [0.1, 0.15) is 10.1 Å². The number of rotatable bonds is 0. The summed E-state index contributed by atoms with van der Waals surface area (Å²) in [6.07, 6.45) is 1.59. The molecule has 0 aliphatic heterocycles. The molecule has 0 aliphatic carbocycles. The van der Waals surface area contributed by atoms with Crippen molar-refractivity contribution in [3.05, 3.63) is 32.9 Å². The average molecular weight is 228 g/mol. The molecule has 0 fully saturated rings. The summed E-state index contributed by atoms with van der Waals surface area (Å²) >= 11 is 3.32. The summed E-state index contributed by atoms with van der Waals surface area (Å²) in [5.41, 5.74) is 1.21. The molecule has 0 spiro atoms. The third kappa shape index (κ3) is 0.896. The highest BCUT2D eigenvalue weighted by Gasteiger charge is 2.04. The Morgan fingerprint density at radius 1 is 1.67 bits per heavy atom. The molecule has 0 saturated heterocycles. The lowest BCUT2D eigenvalue weighted by Crippen LogP contribution is -2.12. The number of aromatic amines is 1. The zero-order chi connectivity index (χ0) is 8.72. The molecular weight excluding hydrogens is 222 g/mol. The van der Waals surface area contributed by atoms with E-state index in [-0.39, 0.29) is 5.56 Å². The first kappa shape index (κ1) is 7.54. The summed E-state index contributed by atoms with van der Waals surface area (Å²) in [6.45, 7) is 1.81. The number of fused-ring (bicyclic) bond motifs is 1. The maximum atomic E-state index is 11.3. The van der Waals surface area contributed by atoms with Crippen molar-refractivity contribution in [1.82, 2.24) is 14.6 Å². The van der Waals surface area contributed by atoms with Gasteiger partial charge >= 0.3 is 0 Å². The number of hydrogen-bond donors (Lipinski definition) is 1. The molecule has 2 aromatic heterocycles. The lowest BCUT2D eigenvalue weighted by atomic mass is 10.4. The second kappa shape index (κ2) is 2.45. The van der Waals surface area contributed by atoms with Gasteiger partial charge in [-0.05, 0) is 28.9 Å². The van der Waals surface area contributed by atoms with Crippen LogP contribution in [0.15, 0.2) is 21.7 Å². The molecule has 2 rings (SSSR count). The third-order valence-electron chi connectivity index (χ3n) is 1.67. The van der Waals surface area contributed by atoms with E-state index in [9.17, 15) is 4.79 Å². The molecule has 0 amide bonds. The van der Waals surface area contributed by atoms with E-state index >= 15 is 0 Å². The van der Waals surface area contributed by atoms with E-state index in [2.05, 4.69) is 26.0 Å². The first-order chi connectivity index (χ1) is 5.70. The van der Waals surface area contributed by atoms with Gasteiger partial charge in [0.15, 0.2) is 0 Å². The molecule has 0 unspecified atom stereocenters. The Morgan fingerprint density at radius 3 is 3.17 bits per heavy atom. The SMILES string of the molecule is Cc1[nH]c(=O)c2ccnn2c1Br. The molecule has 0 atom stereocenters. The van der Waals surface area contributed by atoms with Crippen molar-refractivity contribution < 1.29 is 0 Å². The van der Waals surface area contributed by atoms with Crippen LogP contribution in [-0.4, -0.2) is 14.6 Å². The molecule has 0 aliphatic rings. The van der Waals surface area contributed by atoms with Gasteiger partial charge in [-0.2, -0.15) is 5.10 Å². The molecule has 62 valence electrons. The third-order valence-corrected chi connectivity index (χ3v) is 2.60. The number of hydrogen-bond acceptors (Lipinski definition) is 2. The van der Waals surface area contributed by atoms with Crippen molar-refractivity contribution >= 4 is 21.4 Å². The van der Waals surface area contributed by atoms with Crippen LogP contribution in [0.25, 0.3) is 5.52 Å². The molecule has 1 N–H and O–H groups in total. The smallest absolute Gasteiger partial charge is 0.274 e. The van der Waals surface area contributed by atoms with E-state index in [1.165, 1.54) is 0 Å². The van der Waals surface area contributed by atoms with Crippen molar-refractivity contribution in [2.75, 3.05) is 0 Å². The minimum absolute atomic E-state index is 0.117. The normalized spacial score (nSPS) is 10.8. The van der Waals surface area contributed by atoms with Gasteiger partial charge < -0.3 is 4.98 Å². The lowest BCUT2D eigenvalue weighted by Gasteiger charge is -1.99. The predicted molar refractivity (Wildman–Crippen MR) is 48.2 cm³/mol. The van der Waals surface area contributed by atoms with E-state index in [1.807, 2.05) is 6.92 Å². The van der Waals surface area contributed by atoms with Crippen molar-refractivity contribution in [2.45, 2.75) is 6.92 Å². The second-order valence-corrected chi connectivity index (χ2v) is 3.25. The van der Waals surface area contributed by atoms with Gasteiger partial charge in [0.2, 0.25) is 0 Å². The van der Waals surface area contributed by atoms with E-state index in [4.69, 9.17) is 0 Å². The lowest BCUT2D eigenvalue weighted by molar-refractivity contribution is 0.888. The molecule has 2 aromatic rings. The van der Waals surface area contributed by atoms with Crippen LogP contribution in [0, 0.1) is 6.92 Å². The number of halogens is 1. The van der Waals surface area contributed by atoms with Crippen molar-refractivity contribution in [1.29, 1.82) is 0 Å². The molecule has 0 aromatic carbocycles. The molecular formula is C7H6BrN3O. The summed E-state index contributed by atoms with van der Waals surface area (Å²) in [7, 11) is 0. The highest BCUT2D eigenvalue weighted by atomic mass is 79.9. The van der Waals surface area contributed by atoms with Crippen LogP contribution >= 0.6 is 15.9 Å². The monoisotopic (exact) mass is 227 g/mol. The number of H-pyrrole nitrogens is 1. The highest BCUT2D eigenvalue weighted by Crippen LogP contribution is 2.11. The van der Waals surface area contributed by atoms with Crippen molar-refractivity contribution in [3.8, 4) is 0 Å². The number of aryl methyl sites for hydroxylation is 1. The van der Waals surface area contributed by atoms with Gasteiger partial charge in [0.05, 0.1) is 6.20 Å². The molecule has 0 bridgehead atoms. The van der Waals surface area contributed by atoms with Crippen molar-refractivity contribution in [2.24, 2.45) is 0 Å². The van der Waals surface area contributed by atoms with Crippen LogP contribution < -0.4 is 5.56 Å². The average Bonchev–Trinajstić information content (AvgIpc) is 2.48. The highest BCUT2D eigenvalue weighted by molar-refractivity contribution is 9.10. The van der Waals surface area contributed by atoms with Crippen molar-refractivity contribution in [3.63, 3.8) is 0 Å². The molecule has 2 heterocycles. The molecule has 5 heteroatoms. The van der Waals surface area contributed by atoms with Gasteiger partial charge in [-0.15, -0.1) is 0 Å². The summed E-state index contributed by atoms with van der Waals surface area (Å²) in [6, 6.07) is 1.67. The van der Waals surface area contributed by atoms with Gasteiger partial charge in [0, 0.05) is 5.69 Å². The molecule has 12 heavy (non-hydrogen) atoms. The number of nitrogens with zero attached hydrogens (tertiary/aromatic N) is 2. The van der Waals surface area contributed by atoms with E-state index in [1.54, 1.807) is 16.8 Å². The quantitative estimate of drug-likeness (QED) is 0.733. The van der Waals surface area contributed by atoms with E-state index in [0.29, 0.717) is 5.52 Å². The summed E-state index contributed by atoms with van der Waals surface area (Å²) < 4.78 is 2.34. The Morgan fingerprint density at radius 2 is 2.42 bits per heavy atom. The van der Waals surface area contributed by atoms with Crippen LogP contribution in [0.5, 0.6) is 0 Å². The minimum Gasteiger partial charge on any atom is -0.322 e. The topological polar surface area (TPSA) is 50.2 Å². The largest absolute Gasteiger partial charge is 0.322 e. The Balaban J connectivity index is 3.07. The Kier molecular flexibility index (Phi) is 1.54. The fourth-order valence-corrected chi connectivity index (χ4v) is 1.46. The van der Waals surface area contributed by atoms with Crippen LogP contribution in [0.1, 0.15) is 5.69 Å². The first-order valence-electron chi connectivity index (χ1n) is 3.42. The maximum absolute atomic E-state index is 11.3. The Hall–Kier alpha value is -1.10. The zero-order valence-electron chi connectivity index (χ0n) is 6.34. The fraction of sp³-hybridized carbons (Fsp3) is 0.143. The summed E-state index contributed by atoms with van der Waals surface area (Å²) in [4.78, 5) is 14.0. The van der Waals surface area contributed by atoms with Crippen LogP contribution in [-0.2, 0) is 0 Å². The predicted octanol–water partition coefficient (Wildman–Crippen LogP) is 1.09. The Labute approximate surface area is 76.4 Å². The minimum atomic E-state index is -0.117. The summed E-state index contributed by atoms with van der Waals surface area (Å²) in [5.74, 6) is 0. The summed E-state index contributed by atoms with van der Waals surface area (Å²) in [5, 5.41) is 3.99. The molecule has 4 nitrogen and oxygen atoms in total. The standard InChI is InChI=1S/C7H6BrN3O/c1-4-6(8)11-5(2-3-9-11)7(12)10-4/h2-3H,1H3,(H,10,12). The maximum Gasteiger partial charge on any atom is 0.274 e. The van der Waals surface area contributed by atoms with E-state index < -0.39 is 0 Å². The Bertz CT molecular complexity index is 485.